The maximum atomic E-state index is 4.39. The number of rotatable bonds is 5. The van der Waals surface area contributed by atoms with Crippen LogP contribution in [-0.4, -0.2) is 43.1 Å². The summed E-state index contributed by atoms with van der Waals surface area (Å²) in [6, 6.07) is 9.79. The molecule has 4 nitrogen and oxygen atoms in total. The summed E-state index contributed by atoms with van der Waals surface area (Å²) >= 11 is 0. The minimum absolute atomic E-state index is 0.526. The Morgan fingerprint density at radius 1 is 1.22 bits per heavy atom. The molecule has 23 heavy (non-hydrogen) atoms. The summed E-state index contributed by atoms with van der Waals surface area (Å²) in [5.74, 6) is 0.916. The average molecular weight is 316 g/mol. The van der Waals surface area contributed by atoms with Crippen LogP contribution in [0.2, 0.25) is 0 Å². The van der Waals surface area contributed by atoms with Crippen molar-refractivity contribution in [3.63, 3.8) is 0 Å². The van der Waals surface area contributed by atoms with E-state index in [4.69, 9.17) is 0 Å². The minimum atomic E-state index is 0.526. The smallest absolute Gasteiger partial charge is 0.191 e. The Bertz CT molecular complexity index is 502. The van der Waals surface area contributed by atoms with E-state index in [2.05, 4.69) is 65.6 Å². The summed E-state index contributed by atoms with van der Waals surface area (Å²) in [4.78, 5) is 6.94. The molecule has 1 aromatic carbocycles. The largest absolute Gasteiger partial charge is 0.354 e. The zero-order valence-corrected chi connectivity index (χ0v) is 15.1. The maximum Gasteiger partial charge on any atom is 0.191 e. The fourth-order valence-electron chi connectivity index (χ4n) is 3.20. The van der Waals surface area contributed by atoms with Crippen LogP contribution in [0.15, 0.2) is 29.3 Å². The lowest BCUT2D eigenvalue weighted by molar-refractivity contribution is 0.167. The molecule has 0 aliphatic carbocycles. The Kier molecular flexibility index (Phi) is 6.90. The number of hydrogen-bond acceptors (Lipinski definition) is 2. The first-order valence-corrected chi connectivity index (χ1v) is 8.92. The molecule has 128 valence electrons. The predicted molar refractivity (Wildman–Crippen MR) is 98.9 cm³/mol. The van der Waals surface area contributed by atoms with Gasteiger partial charge in [-0.2, -0.15) is 0 Å². The van der Waals surface area contributed by atoms with Crippen LogP contribution in [0.3, 0.4) is 0 Å². The Hall–Kier alpha value is -1.55. The molecule has 1 aromatic rings. The van der Waals surface area contributed by atoms with Gasteiger partial charge in [0.05, 0.1) is 0 Å². The van der Waals surface area contributed by atoms with Crippen LogP contribution >= 0.6 is 0 Å². The first-order chi connectivity index (χ1) is 11.1. The van der Waals surface area contributed by atoms with E-state index >= 15 is 0 Å². The maximum absolute atomic E-state index is 4.39. The summed E-state index contributed by atoms with van der Waals surface area (Å²) in [5, 5.41) is 7.05. The van der Waals surface area contributed by atoms with Crippen LogP contribution < -0.4 is 10.6 Å². The number of nitrogens with zero attached hydrogens (tertiary/aromatic N) is 2. The zero-order chi connectivity index (χ0) is 16.7. The Morgan fingerprint density at radius 3 is 2.43 bits per heavy atom. The van der Waals surface area contributed by atoms with Crippen LogP contribution in [0, 0.1) is 0 Å². The van der Waals surface area contributed by atoms with Gasteiger partial charge >= 0.3 is 0 Å². The Labute approximate surface area is 141 Å². The van der Waals surface area contributed by atoms with Gasteiger partial charge in [0.25, 0.3) is 0 Å². The molecule has 4 heteroatoms. The normalized spacial score (nSPS) is 17.5. The highest BCUT2D eigenvalue weighted by molar-refractivity contribution is 5.80. The lowest BCUT2D eigenvalue weighted by Crippen LogP contribution is -2.49. The fourth-order valence-corrected chi connectivity index (χ4v) is 3.20. The van der Waals surface area contributed by atoms with Gasteiger partial charge in [0.1, 0.15) is 0 Å². The van der Waals surface area contributed by atoms with Gasteiger partial charge in [-0.15, -0.1) is 0 Å². The number of nitrogens with one attached hydrogen (secondary N) is 2. The van der Waals surface area contributed by atoms with Crippen molar-refractivity contribution in [2.75, 3.05) is 20.1 Å². The van der Waals surface area contributed by atoms with Crippen molar-refractivity contribution in [2.45, 2.75) is 58.7 Å². The molecule has 0 saturated carbocycles. The molecular weight excluding hydrogens is 284 g/mol. The first-order valence-electron chi connectivity index (χ1n) is 8.92. The van der Waals surface area contributed by atoms with Gasteiger partial charge in [0, 0.05) is 38.8 Å². The topological polar surface area (TPSA) is 39.7 Å². The highest BCUT2D eigenvalue weighted by atomic mass is 15.2. The molecule has 1 aliphatic heterocycles. The molecule has 0 spiro atoms. The Balaban J connectivity index is 1.82. The van der Waals surface area contributed by atoms with Gasteiger partial charge in [0.15, 0.2) is 5.96 Å². The molecule has 0 radical (unpaired) electrons. The molecule has 0 amide bonds. The second-order valence-corrected chi connectivity index (χ2v) is 6.60. The van der Waals surface area contributed by atoms with E-state index < -0.39 is 0 Å². The number of aryl methyl sites for hydroxylation is 1. The third-order valence-corrected chi connectivity index (χ3v) is 4.77. The van der Waals surface area contributed by atoms with Crippen molar-refractivity contribution >= 4 is 5.96 Å². The van der Waals surface area contributed by atoms with E-state index in [1.807, 2.05) is 7.05 Å². The summed E-state index contributed by atoms with van der Waals surface area (Å²) in [6.07, 6.45) is 3.44. The van der Waals surface area contributed by atoms with Crippen LogP contribution in [-0.2, 0) is 13.0 Å². The second-order valence-electron chi connectivity index (χ2n) is 6.60. The van der Waals surface area contributed by atoms with E-state index in [1.54, 1.807) is 0 Å². The second kappa shape index (κ2) is 8.92. The third-order valence-electron chi connectivity index (χ3n) is 4.77. The molecule has 0 bridgehead atoms. The van der Waals surface area contributed by atoms with E-state index in [0.717, 1.165) is 18.9 Å². The lowest BCUT2D eigenvalue weighted by atomic mass is 10.0. The SMILES string of the molecule is CCc1ccccc1CNC(=NC)NC1CCN(C(C)C)CC1. The molecular formula is C19H32N4. The number of aliphatic imine (C=N–C) groups is 1. The molecule has 0 atom stereocenters. The molecule has 1 fully saturated rings. The van der Waals surface area contributed by atoms with Crippen LogP contribution in [0.4, 0.5) is 0 Å². The van der Waals surface area contributed by atoms with Gasteiger partial charge in [0.2, 0.25) is 0 Å². The molecule has 0 unspecified atom stereocenters. The molecule has 1 saturated heterocycles. The van der Waals surface area contributed by atoms with Crippen molar-refractivity contribution in [3.05, 3.63) is 35.4 Å². The fraction of sp³-hybridized carbons (Fsp3) is 0.632. The van der Waals surface area contributed by atoms with Crippen molar-refractivity contribution in [3.8, 4) is 0 Å². The molecule has 0 aromatic heterocycles. The van der Waals surface area contributed by atoms with E-state index in [0.29, 0.717) is 12.1 Å². The zero-order valence-electron chi connectivity index (χ0n) is 15.1. The quantitative estimate of drug-likeness (QED) is 0.648. The predicted octanol–water partition coefficient (Wildman–Crippen LogP) is 2.79. The van der Waals surface area contributed by atoms with Gasteiger partial charge in [-0.1, -0.05) is 31.2 Å². The summed E-state index contributed by atoms with van der Waals surface area (Å²) in [6.45, 7) is 9.93. The van der Waals surface area contributed by atoms with E-state index in [9.17, 15) is 0 Å². The van der Waals surface area contributed by atoms with Crippen molar-refractivity contribution in [1.82, 2.24) is 15.5 Å². The average Bonchev–Trinajstić information content (AvgIpc) is 2.59. The van der Waals surface area contributed by atoms with Crippen LogP contribution in [0.5, 0.6) is 0 Å². The molecule has 2 rings (SSSR count). The van der Waals surface area contributed by atoms with Gasteiger partial charge in [-0.25, -0.2) is 0 Å². The van der Waals surface area contributed by atoms with Gasteiger partial charge in [-0.05, 0) is 44.2 Å². The standard InChI is InChI=1S/C19H32N4/c1-5-16-8-6-7-9-17(16)14-21-19(20-4)22-18-10-12-23(13-11-18)15(2)3/h6-9,15,18H,5,10-14H2,1-4H3,(H2,20,21,22). The number of benzene rings is 1. The first kappa shape index (κ1) is 17.8. The molecule has 2 N–H and O–H groups in total. The summed E-state index contributed by atoms with van der Waals surface area (Å²) < 4.78 is 0. The van der Waals surface area contributed by atoms with E-state index in [1.165, 1.54) is 37.1 Å². The van der Waals surface area contributed by atoms with Gasteiger partial charge in [-0.3, -0.25) is 4.99 Å². The highest BCUT2D eigenvalue weighted by Gasteiger charge is 2.21. The Morgan fingerprint density at radius 2 is 1.87 bits per heavy atom. The number of piperidine rings is 1. The monoisotopic (exact) mass is 316 g/mol. The molecule has 1 heterocycles. The molecule has 1 aliphatic rings. The number of hydrogen-bond donors (Lipinski definition) is 2. The number of likely N-dealkylation sites (tertiary alicyclic amines) is 1. The third kappa shape index (κ3) is 5.24. The highest BCUT2D eigenvalue weighted by Crippen LogP contribution is 2.13. The van der Waals surface area contributed by atoms with Crippen LogP contribution in [0.25, 0.3) is 0 Å². The van der Waals surface area contributed by atoms with Crippen molar-refractivity contribution in [2.24, 2.45) is 4.99 Å². The van der Waals surface area contributed by atoms with Crippen LogP contribution in [0.1, 0.15) is 44.7 Å². The van der Waals surface area contributed by atoms with Crippen molar-refractivity contribution in [1.29, 1.82) is 0 Å². The number of guanidine groups is 1. The summed E-state index contributed by atoms with van der Waals surface area (Å²) in [7, 11) is 1.85. The lowest BCUT2D eigenvalue weighted by Gasteiger charge is -2.35. The minimum Gasteiger partial charge on any atom is -0.354 e. The summed E-state index contributed by atoms with van der Waals surface area (Å²) in [5.41, 5.74) is 2.76. The van der Waals surface area contributed by atoms with E-state index in [-0.39, 0.29) is 0 Å². The van der Waals surface area contributed by atoms with Gasteiger partial charge < -0.3 is 15.5 Å². The van der Waals surface area contributed by atoms with Crippen molar-refractivity contribution < 1.29 is 0 Å².